The zero-order valence-electron chi connectivity index (χ0n) is 29.4. The summed E-state index contributed by atoms with van der Waals surface area (Å²) in [6.07, 6.45) is 4.06. The van der Waals surface area contributed by atoms with Gasteiger partial charge in [-0.1, -0.05) is 38.6 Å². The van der Waals surface area contributed by atoms with Gasteiger partial charge in [0.2, 0.25) is 0 Å². The van der Waals surface area contributed by atoms with E-state index in [4.69, 9.17) is 14.7 Å². The molecule has 4 aromatic rings. The molecule has 254 valence electrons. The number of nitrogens with one attached hydrogen (secondary N) is 4. The summed E-state index contributed by atoms with van der Waals surface area (Å²) in [5, 5.41) is 7.13. The summed E-state index contributed by atoms with van der Waals surface area (Å²) in [6.45, 7) is 14.9. The summed E-state index contributed by atoms with van der Waals surface area (Å²) in [7, 11) is 1.43. The molecule has 50 heavy (non-hydrogen) atoms. The smallest absolute Gasteiger partial charge is 0.305 e. The van der Waals surface area contributed by atoms with Crippen molar-refractivity contribution in [3.8, 4) is 0 Å². The largest absolute Gasteiger partial charge is 0.469 e. The van der Waals surface area contributed by atoms with Crippen LogP contribution in [0.1, 0.15) is 106 Å². The first-order valence-electron chi connectivity index (χ1n) is 17.4. The molecule has 3 aliphatic heterocycles. The van der Waals surface area contributed by atoms with E-state index in [1.54, 1.807) is 0 Å². The number of aromatic amines is 2. The Morgan fingerprint density at radius 1 is 1.02 bits per heavy atom. The van der Waals surface area contributed by atoms with Crippen molar-refractivity contribution in [3.63, 3.8) is 0 Å². The maximum absolute atomic E-state index is 13.8. The molecule has 1 amide bonds. The molecule has 9 nitrogen and oxygen atoms in total. The zero-order chi connectivity index (χ0) is 35.1. The number of anilines is 1. The Hall–Kier alpha value is -5.44. The number of hydrogen-bond donors (Lipinski definition) is 4. The van der Waals surface area contributed by atoms with Gasteiger partial charge in [-0.3, -0.25) is 14.6 Å². The first-order chi connectivity index (χ1) is 24.1. The van der Waals surface area contributed by atoms with Gasteiger partial charge in [-0.15, -0.1) is 0 Å². The van der Waals surface area contributed by atoms with Crippen LogP contribution in [0.3, 0.4) is 0 Å². The van der Waals surface area contributed by atoms with Crippen LogP contribution in [0.2, 0.25) is 0 Å². The second-order valence-corrected chi connectivity index (χ2v) is 14.0. The predicted molar refractivity (Wildman–Crippen MR) is 199 cm³/mol. The van der Waals surface area contributed by atoms with Gasteiger partial charge in [0.05, 0.1) is 24.1 Å². The number of allylic oxidation sites excluding steroid dienone is 1. The van der Waals surface area contributed by atoms with Crippen LogP contribution < -0.4 is 10.6 Å². The fourth-order valence-corrected chi connectivity index (χ4v) is 8.61. The van der Waals surface area contributed by atoms with Crippen LogP contribution in [0.5, 0.6) is 0 Å². The standard InChI is InChI=1S/C41H42N6O3/c1-8-24-20(3)30-16-32-22(5)26(14-15-36(48)50-7)38(44-32)28-19-41(46-29-13-11-10-12-27(29)40(49)47-41)37-23(6)33(45-39(28)37)18-35-25(9-2)21(4)31(43-35)17-34(24)42-30/h8,10-13,16-18,22,26,42-43,46H,1,9,14-15,19H2,2-7H3,(H,47,49). The maximum Gasteiger partial charge on any atom is 0.305 e. The van der Waals surface area contributed by atoms with E-state index in [0.717, 1.165) is 84.8 Å². The van der Waals surface area contributed by atoms with Gasteiger partial charge in [0.15, 0.2) is 0 Å². The molecule has 4 N–H and O–H groups in total. The fourth-order valence-electron chi connectivity index (χ4n) is 8.61. The molecule has 1 aliphatic carbocycles. The summed E-state index contributed by atoms with van der Waals surface area (Å²) in [5.74, 6) is -0.433. The predicted octanol–water partition coefficient (Wildman–Crippen LogP) is 8.02. The van der Waals surface area contributed by atoms with E-state index in [9.17, 15) is 9.59 Å². The number of carbonyl (C=O) groups is 2. The van der Waals surface area contributed by atoms with Crippen molar-refractivity contribution in [3.05, 3.63) is 105 Å². The van der Waals surface area contributed by atoms with Gasteiger partial charge in [0, 0.05) is 80.5 Å². The third-order valence-corrected chi connectivity index (χ3v) is 11.3. The lowest BCUT2D eigenvalue weighted by atomic mass is 9.85. The highest BCUT2D eigenvalue weighted by atomic mass is 16.5. The summed E-state index contributed by atoms with van der Waals surface area (Å²) >= 11 is 0. The number of nitrogens with zero attached hydrogens (tertiary/aromatic N) is 2. The second-order valence-electron chi connectivity index (χ2n) is 14.0. The van der Waals surface area contributed by atoms with Crippen molar-refractivity contribution in [2.75, 3.05) is 12.4 Å². The topological polar surface area (TPSA) is 125 Å². The molecular weight excluding hydrogens is 624 g/mol. The zero-order valence-corrected chi connectivity index (χ0v) is 29.4. The van der Waals surface area contributed by atoms with Crippen LogP contribution in [-0.4, -0.2) is 44.6 Å². The van der Waals surface area contributed by atoms with Gasteiger partial charge in [0.1, 0.15) is 5.66 Å². The number of fused-ring (bicyclic) bond motifs is 10. The fraction of sp³-hybridized carbons (Fsp3) is 0.317. The Balaban J connectivity index is 1.48. The molecule has 0 fully saturated rings. The van der Waals surface area contributed by atoms with Gasteiger partial charge in [0.25, 0.3) is 5.91 Å². The van der Waals surface area contributed by atoms with Crippen LogP contribution in [0.15, 0.2) is 49.0 Å². The third kappa shape index (κ3) is 4.66. The molecule has 4 aliphatic rings. The number of amides is 1. The second kappa shape index (κ2) is 11.6. The summed E-state index contributed by atoms with van der Waals surface area (Å²) in [6, 6.07) is 14.1. The highest BCUT2D eigenvalue weighted by Gasteiger charge is 2.51. The number of aryl methyl sites for hydroxylation is 3. The average Bonchev–Trinajstić information content (AvgIpc) is 3.85. The normalized spacial score (nSPS) is 20.5. The maximum atomic E-state index is 13.8. The Labute approximate surface area is 291 Å². The highest BCUT2D eigenvalue weighted by Crippen LogP contribution is 2.52. The van der Waals surface area contributed by atoms with E-state index >= 15 is 0 Å². The Morgan fingerprint density at radius 3 is 2.54 bits per heavy atom. The van der Waals surface area contributed by atoms with Gasteiger partial charge in [-0.2, -0.15) is 0 Å². The summed E-state index contributed by atoms with van der Waals surface area (Å²) in [5.41, 5.74) is 15.5. The molecule has 0 saturated heterocycles. The number of aromatic nitrogens is 4. The van der Waals surface area contributed by atoms with Gasteiger partial charge in [-0.25, -0.2) is 4.98 Å². The number of H-pyrrole nitrogens is 2. The number of esters is 1. The van der Waals surface area contributed by atoms with Crippen LogP contribution in [0.25, 0.3) is 39.3 Å². The van der Waals surface area contributed by atoms with Crippen molar-refractivity contribution < 1.29 is 14.3 Å². The summed E-state index contributed by atoms with van der Waals surface area (Å²) < 4.78 is 5.07. The molecule has 0 radical (unpaired) electrons. The SMILES string of the molecule is C=Cc1c(C)c2cc3nc(c4c5nc(cc6[nH]c(cc1[nH]2)c(C)c6CC)C(C)=C5C1(C4)NC(=O)c2ccccc2N1)C(CCC(=O)OC)C3C. The number of para-hydroxylation sites is 1. The molecule has 1 aromatic carbocycles. The number of hydrogen-bond acceptors (Lipinski definition) is 6. The molecule has 3 unspecified atom stereocenters. The first kappa shape index (κ1) is 31.8. The highest BCUT2D eigenvalue weighted by molar-refractivity contribution is 6.09. The number of methoxy groups -OCH3 is 1. The molecule has 1 spiro atoms. The van der Waals surface area contributed by atoms with Crippen LogP contribution in [0.4, 0.5) is 5.69 Å². The Kier molecular flexibility index (Phi) is 7.36. The molecule has 0 saturated carbocycles. The van der Waals surface area contributed by atoms with Crippen molar-refractivity contribution in [2.24, 2.45) is 0 Å². The minimum absolute atomic E-state index is 0.0109. The minimum atomic E-state index is -0.919. The summed E-state index contributed by atoms with van der Waals surface area (Å²) in [4.78, 5) is 44.4. The van der Waals surface area contributed by atoms with E-state index in [-0.39, 0.29) is 30.1 Å². The monoisotopic (exact) mass is 666 g/mol. The number of benzene rings is 1. The third-order valence-electron chi connectivity index (χ3n) is 11.3. The molecule has 3 aromatic heterocycles. The van der Waals surface area contributed by atoms with Crippen molar-refractivity contribution in [1.29, 1.82) is 0 Å². The van der Waals surface area contributed by atoms with Crippen molar-refractivity contribution in [1.82, 2.24) is 25.3 Å². The molecule has 9 heteroatoms. The lowest BCUT2D eigenvalue weighted by Crippen LogP contribution is -2.57. The lowest BCUT2D eigenvalue weighted by Gasteiger charge is -2.38. The van der Waals surface area contributed by atoms with Crippen LogP contribution >= 0.6 is 0 Å². The van der Waals surface area contributed by atoms with E-state index in [1.807, 2.05) is 30.3 Å². The lowest BCUT2D eigenvalue weighted by molar-refractivity contribution is -0.140. The van der Waals surface area contributed by atoms with Gasteiger partial charge >= 0.3 is 5.97 Å². The molecule has 6 heterocycles. The first-order valence-corrected chi connectivity index (χ1v) is 17.4. The minimum Gasteiger partial charge on any atom is -0.469 e. The van der Waals surface area contributed by atoms with E-state index in [0.29, 0.717) is 18.4 Å². The molecule has 8 rings (SSSR count). The van der Waals surface area contributed by atoms with Crippen molar-refractivity contribution in [2.45, 2.75) is 77.8 Å². The van der Waals surface area contributed by atoms with E-state index in [1.165, 1.54) is 18.2 Å². The number of rotatable bonds is 5. The molecular formula is C41H42N6O3. The average molecular weight is 667 g/mol. The van der Waals surface area contributed by atoms with Gasteiger partial charge in [-0.05, 0) is 86.2 Å². The Morgan fingerprint density at radius 2 is 1.78 bits per heavy atom. The number of ether oxygens (including phenoxy) is 1. The van der Waals surface area contributed by atoms with E-state index in [2.05, 4.69) is 80.0 Å². The van der Waals surface area contributed by atoms with Crippen LogP contribution in [0, 0.1) is 13.8 Å². The molecule has 3 atom stereocenters. The quantitative estimate of drug-likeness (QED) is 0.160. The van der Waals surface area contributed by atoms with Crippen molar-refractivity contribution >= 4 is 56.9 Å². The Bertz CT molecular complexity index is 2360. The number of carbonyl (C=O) groups excluding carboxylic acids is 2. The van der Waals surface area contributed by atoms with Crippen LogP contribution in [-0.2, 0) is 22.4 Å². The van der Waals surface area contributed by atoms with E-state index < -0.39 is 5.66 Å². The van der Waals surface area contributed by atoms with Gasteiger partial charge < -0.3 is 25.3 Å². The molecule has 8 bridgehead atoms.